The maximum Gasteiger partial charge on any atom is 0.331 e. The lowest BCUT2D eigenvalue weighted by atomic mass is 9.78. The normalized spacial score (nSPS) is 19.9. The highest BCUT2D eigenvalue weighted by Gasteiger charge is 2.51. The molecule has 4 atom stereocenters. The van der Waals surface area contributed by atoms with Crippen LogP contribution in [0, 0.1) is 0 Å². The highest BCUT2D eigenvalue weighted by atomic mass is 16.6. The van der Waals surface area contributed by atoms with Gasteiger partial charge in [0.25, 0.3) is 5.91 Å². The summed E-state index contributed by atoms with van der Waals surface area (Å²) in [5.74, 6) is -0.796. The topological polar surface area (TPSA) is 159 Å². The minimum absolute atomic E-state index is 0.218. The molecule has 0 saturated heterocycles. The van der Waals surface area contributed by atoms with E-state index in [0.717, 1.165) is 12.2 Å². The Hall–Kier alpha value is -5.59. The standard InChI is InChI=1S/C38H43NO11/c1-6-18-45-29-14-10-26(22-31(29)47-20-8-3)12-16-34(41)49-33-25-38(44,37(43)39-5)24-28(40)36(33)50-35(42)17-13-27-11-15-30(46-19-7-2)32(23-27)48-21-9-4/h6-17,22-23,28,33,36,40,44H,1-4,18-21,24-25H2,5H3,(H,39,43)/b16-12-,17-13+/t28-,33-,36-,38+/m1/s1. The van der Waals surface area contributed by atoms with Crippen molar-refractivity contribution >= 4 is 30.0 Å². The Morgan fingerprint density at radius 3 is 1.62 bits per heavy atom. The highest BCUT2D eigenvalue weighted by molar-refractivity contribution is 5.89. The summed E-state index contributed by atoms with van der Waals surface area (Å²) >= 11 is 0. The number of aliphatic hydroxyl groups is 2. The predicted octanol–water partition coefficient (Wildman–Crippen LogP) is 4.13. The van der Waals surface area contributed by atoms with E-state index < -0.39 is 54.6 Å². The lowest BCUT2D eigenvalue weighted by molar-refractivity contribution is -0.198. The van der Waals surface area contributed by atoms with Crippen LogP contribution in [0.25, 0.3) is 12.2 Å². The molecule has 12 nitrogen and oxygen atoms in total. The Kier molecular flexibility index (Phi) is 15.1. The molecule has 1 saturated carbocycles. The predicted molar refractivity (Wildman–Crippen MR) is 188 cm³/mol. The number of esters is 2. The lowest BCUT2D eigenvalue weighted by Gasteiger charge is -2.41. The van der Waals surface area contributed by atoms with Gasteiger partial charge < -0.3 is 44.0 Å². The molecule has 50 heavy (non-hydrogen) atoms. The molecule has 12 heteroatoms. The van der Waals surface area contributed by atoms with Gasteiger partial charge in [0, 0.05) is 32.0 Å². The van der Waals surface area contributed by atoms with Crippen molar-refractivity contribution in [3.63, 3.8) is 0 Å². The summed E-state index contributed by atoms with van der Waals surface area (Å²) in [7, 11) is 1.32. The Morgan fingerprint density at radius 1 is 0.740 bits per heavy atom. The van der Waals surface area contributed by atoms with Crippen LogP contribution in [0.15, 0.2) is 99.2 Å². The monoisotopic (exact) mass is 689 g/mol. The third kappa shape index (κ3) is 11.2. The number of aliphatic hydroxyl groups excluding tert-OH is 1. The minimum Gasteiger partial charge on any atom is -0.486 e. The van der Waals surface area contributed by atoms with Gasteiger partial charge in [-0.1, -0.05) is 62.8 Å². The first kappa shape index (κ1) is 38.9. The third-order valence-corrected chi connectivity index (χ3v) is 7.19. The van der Waals surface area contributed by atoms with Crippen molar-refractivity contribution in [3.8, 4) is 23.0 Å². The molecule has 2 aromatic rings. The quantitative estimate of drug-likeness (QED) is 0.111. The molecule has 0 aromatic heterocycles. The van der Waals surface area contributed by atoms with Crippen LogP contribution >= 0.6 is 0 Å². The maximum atomic E-state index is 13.0. The average Bonchev–Trinajstić information content (AvgIpc) is 3.11. The average molecular weight is 690 g/mol. The van der Waals surface area contributed by atoms with Crippen molar-refractivity contribution in [2.45, 2.75) is 36.8 Å². The van der Waals surface area contributed by atoms with Gasteiger partial charge in [-0.3, -0.25) is 4.79 Å². The van der Waals surface area contributed by atoms with Gasteiger partial charge in [-0.2, -0.15) is 0 Å². The maximum absolute atomic E-state index is 13.0. The Morgan fingerprint density at radius 2 is 1.18 bits per heavy atom. The van der Waals surface area contributed by atoms with Crippen LogP contribution in [0.1, 0.15) is 24.0 Å². The van der Waals surface area contributed by atoms with Gasteiger partial charge in [-0.25, -0.2) is 9.59 Å². The van der Waals surface area contributed by atoms with E-state index in [2.05, 4.69) is 31.6 Å². The van der Waals surface area contributed by atoms with E-state index in [-0.39, 0.29) is 26.4 Å². The van der Waals surface area contributed by atoms with Gasteiger partial charge in [0.05, 0.1) is 6.10 Å². The third-order valence-electron chi connectivity index (χ3n) is 7.19. The van der Waals surface area contributed by atoms with Crippen molar-refractivity contribution in [2.24, 2.45) is 0 Å². The summed E-state index contributed by atoms with van der Waals surface area (Å²) in [4.78, 5) is 38.5. The van der Waals surface area contributed by atoms with Crippen molar-refractivity contribution in [2.75, 3.05) is 33.5 Å². The molecule has 1 fully saturated rings. The molecule has 0 aliphatic heterocycles. The molecule has 3 rings (SSSR count). The second kappa shape index (κ2) is 19.4. The van der Waals surface area contributed by atoms with Crippen LogP contribution < -0.4 is 24.3 Å². The number of ether oxygens (including phenoxy) is 6. The first-order valence-electron chi connectivity index (χ1n) is 15.7. The molecule has 1 amide bonds. The zero-order valence-electron chi connectivity index (χ0n) is 28.0. The van der Waals surface area contributed by atoms with E-state index in [1.807, 2.05) is 0 Å². The van der Waals surface area contributed by atoms with E-state index in [0.29, 0.717) is 34.1 Å². The summed E-state index contributed by atoms with van der Waals surface area (Å²) in [6.07, 6.45) is 6.20. The number of likely N-dealkylation sites (N-methyl/N-ethyl adjacent to an activating group) is 1. The molecular formula is C38H43NO11. The highest BCUT2D eigenvalue weighted by Crippen LogP contribution is 2.34. The Labute approximate surface area is 291 Å². The van der Waals surface area contributed by atoms with E-state index in [4.69, 9.17) is 28.4 Å². The molecule has 1 aliphatic carbocycles. The zero-order chi connectivity index (χ0) is 36.5. The summed E-state index contributed by atoms with van der Waals surface area (Å²) in [6.45, 7) is 15.5. The first-order valence-corrected chi connectivity index (χ1v) is 15.7. The molecule has 0 bridgehead atoms. The van der Waals surface area contributed by atoms with E-state index in [1.54, 1.807) is 60.7 Å². The fourth-order valence-corrected chi connectivity index (χ4v) is 4.93. The smallest absolute Gasteiger partial charge is 0.331 e. The van der Waals surface area contributed by atoms with Crippen LogP contribution in [0.5, 0.6) is 23.0 Å². The van der Waals surface area contributed by atoms with E-state index in [9.17, 15) is 24.6 Å². The molecule has 0 unspecified atom stereocenters. The number of benzene rings is 2. The van der Waals surface area contributed by atoms with Gasteiger partial charge in [0.2, 0.25) is 0 Å². The zero-order valence-corrected chi connectivity index (χ0v) is 28.0. The second-order valence-corrected chi connectivity index (χ2v) is 10.9. The van der Waals surface area contributed by atoms with Crippen LogP contribution in [0.3, 0.4) is 0 Å². The number of hydrogen-bond acceptors (Lipinski definition) is 11. The van der Waals surface area contributed by atoms with Crippen LogP contribution in [0.2, 0.25) is 0 Å². The van der Waals surface area contributed by atoms with Crippen molar-refractivity contribution in [1.82, 2.24) is 5.32 Å². The second-order valence-electron chi connectivity index (χ2n) is 10.9. The molecule has 1 aliphatic rings. The van der Waals surface area contributed by atoms with Crippen molar-refractivity contribution < 1.29 is 53.0 Å². The SMILES string of the molecule is C=CCOc1ccc(/C=C\C(=O)O[C@@H]2C[C@](O)(C(=O)NC)C[C@@H](O)[C@H]2OC(=O)/C=C/c2ccc(OCC=C)c(OCC=C)c2)cc1OCC=C. The molecule has 0 heterocycles. The van der Waals surface area contributed by atoms with Gasteiger partial charge in [-0.15, -0.1) is 0 Å². The number of hydrogen-bond donors (Lipinski definition) is 3. The Balaban J connectivity index is 1.79. The van der Waals surface area contributed by atoms with Crippen LogP contribution in [-0.2, 0) is 23.9 Å². The van der Waals surface area contributed by atoms with Crippen LogP contribution in [0.4, 0.5) is 0 Å². The Bertz CT molecular complexity index is 1600. The van der Waals surface area contributed by atoms with E-state index in [1.165, 1.54) is 19.2 Å². The van der Waals surface area contributed by atoms with Gasteiger partial charge in [0.15, 0.2) is 29.1 Å². The number of amides is 1. The molecule has 3 N–H and O–H groups in total. The number of rotatable bonds is 19. The van der Waals surface area contributed by atoms with Crippen molar-refractivity contribution in [3.05, 3.63) is 110 Å². The van der Waals surface area contributed by atoms with Gasteiger partial charge in [-0.05, 0) is 47.5 Å². The summed E-state index contributed by atoms with van der Waals surface area (Å²) < 4.78 is 33.6. The fraction of sp³-hybridized carbons (Fsp3) is 0.289. The minimum atomic E-state index is -2.10. The lowest BCUT2D eigenvalue weighted by Crippen LogP contribution is -2.60. The molecule has 266 valence electrons. The first-order chi connectivity index (χ1) is 24.1. The summed E-state index contributed by atoms with van der Waals surface area (Å²) in [5, 5.41) is 24.3. The number of carbonyl (C=O) groups is 3. The number of carbonyl (C=O) groups excluding carboxylic acids is 3. The number of nitrogens with one attached hydrogen (secondary N) is 1. The fourth-order valence-electron chi connectivity index (χ4n) is 4.93. The summed E-state index contributed by atoms with van der Waals surface area (Å²) in [5.41, 5.74) is -0.974. The van der Waals surface area contributed by atoms with E-state index >= 15 is 0 Å². The molecule has 0 spiro atoms. The van der Waals surface area contributed by atoms with Gasteiger partial charge >= 0.3 is 11.9 Å². The molecule has 2 aromatic carbocycles. The van der Waals surface area contributed by atoms with Crippen molar-refractivity contribution in [1.29, 1.82) is 0 Å². The molecular weight excluding hydrogens is 646 g/mol. The van der Waals surface area contributed by atoms with Gasteiger partial charge in [0.1, 0.15) is 38.1 Å². The molecule has 0 radical (unpaired) electrons. The van der Waals surface area contributed by atoms with Crippen LogP contribution in [-0.4, -0.2) is 85.4 Å². The summed E-state index contributed by atoms with van der Waals surface area (Å²) in [6, 6.07) is 10.0. The largest absolute Gasteiger partial charge is 0.486 e.